The van der Waals surface area contributed by atoms with Crippen molar-refractivity contribution in [2.75, 3.05) is 36.9 Å². The summed E-state index contributed by atoms with van der Waals surface area (Å²) in [5.74, 6) is 0.543. The van der Waals surface area contributed by atoms with Gasteiger partial charge in [0.2, 0.25) is 0 Å². The Balaban J connectivity index is 2.04. The van der Waals surface area contributed by atoms with Crippen LogP contribution in [0.1, 0.15) is 32.8 Å². The second kappa shape index (κ2) is 8.55. The fourth-order valence-corrected chi connectivity index (χ4v) is 3.06. The van der Waals surface area contributed by atoms with Crippen LogP contribution in [0.25, 0.3) is 0 Å². The van der Waals surface area contributed by atoms with Gasteiger partial charge in [-0.25, -0.2) is 4.79 Å². The summed E-state index contributed by atoms with van der Waals surface area (Å²) in [6.07, 6.45) is 0.537. The summed E-state index contributed by atoms with van der Waals surface area (Å²) in [6, 6.07) is 7.93. The molecular formula is C18H26N4O2. The predicted octanol–water partition coefficient (Wildman–Crippen LogP) is 3.27. The summed E-state index contributed by atoms with van der Waals surface area (Å²) in [4.78, 5) is 14.0. The lowest BCUT2D eigenvalue weighted by atomic mass is 9.93. The van der Waals surface area contributed by atoms with Gasteiger partial charge in [-0.1, -0.05) is 13.8 Å². The third kappa shape index (κ3) is 4.62. The van der Waals surface area contributed by atoms with E-state index in [9.17, 15) is 10.1 Å². The van der Waals surface area contributed by atoms with Gasteiger partial charge < -0.3 is 15.0 Å². The van der Waals surface area contributed by atoms with Gasteiger partial charge in [-0.2, -0.15) is 5.26 Å². The first-order valence-electron chi connectivity index (χ1n) is 8.54. The Bertz CT molecular complexity index is 612. The number of nitriles is 1. The van der Waals surface area contributed by atoms with Gasteiger partial charge in [0.15, 0.2) is 0 Å². The standard InChI is InChI=1S/C18H26N4O2/c1-4-22-9-8-16(13(3)12-22)20-15-6-7-17(14(10-15)11-19)21-18(23)24-5-2/h6-7,10,13,16,20H,4-5,8-9,12H2,1-3H3,(H,21,23)/t13-,16-/m0/s1. The van der Waals surface area contributed by atoms with Gasteiger partial charge in [0.25, 0.3) is 0 Å². The number of piperidine rings is 1. The molecule has 1 aromatic carbocycles. The van der Waals surface area contributed by atoms with Crippen LogP contribution >= 0.6 is 0 Å². The van der Waals surface area contributed by atoms with E-state index in [0.717, 1.165) is 31.7 Å². The van der Waals surface area contributed by atoms with Gasteiger partial charge in [0, 0.05) is 24.8 Å². The van der Waals surface area contributed by atoms with Crippen LogP contribution in [0.15, 0.2) is 18.2 Å². The van der Waals surface area contributed by atoms with Crippen LogP contribution in [0.2, 0.25) is 0 Å². The molecule has 1 fully saturated rings. The SMILES string of the molecule is CCOC(=O)Nc1ccc(N[C@H]2CCN(CC)C[C@@H]2C)cc1C#N. The van der Waals surface area contributed by atoms with Crippen molar-refractivity contribution < 1.29 is 9.53 Å². The van der Waals surface area contributed by atoms with E-state index < -0.39 is 6.09 Å². The number of likely N-dealkylation sites (tertiary alicyclic amines) is 1. The fraction of sp³-hybridized carbons (Fsp3) is 0.556. The maximum absolute atomic E-state index is 11.5. The number of benzene rings is 1. The molecule has 1 aromatic rings. The first-order chi connectivity index (χ1) is 11.6. The molecule has 6 heteroatoms. The van der Waals surface area contributed by atoms with E-state index in [-0.39, 0.29) is 0 Å². The minimum atomic E-state index is -0.546. The number of hydrogen-bond donors (Lipinski definition) is 2. The van der Waals surface area contributed by atoms with Gasteiger partial charge in [0.05, 0.1) is 17.9 Å². The number of anilines is 2. The number of carbonyl (C=O) groups is 1. The van der Waals surface area contributed by atoms with Crippen molar-refractivity contribution in [3.05, 3.63) is 23.8 Å². The molecule has 2 atom stereocenters. The topological polar surface area (TPSA) is 77.4 Å². The van der Waals surface area contributed by atoms with Crippen LogP contribution < -0.4 is 10.6 Å². The maximum Gasteiger partial charge on any atom is 0.411 e. The molecule has 0 bridgehead atoms. The highest BCUT2D eigenvalue weighted by Gasteiger charge is 2.25. The van der Waals surface area contributed by atoms with Crippen LogP contribution in [-0.2, 0) is 4.74 Å². The molecule has 0 aromatic heterocycles. The van der Waals surface area contributed by atoms with Gasteiger partial charge in [-0.05, 0) is 44.0 Å². The molecule has 1 heterocycles. The van der Waals surface area contributed by atoms with E-state index in [1.54, 1.807) is 19.1 Å². The summed E-state index contributed by atoms with van der Waals surface area (Å²) in [5.41, 5.74) is 1.80. The number of ether oxygens (including phenoxy) is 1. The number of nitrogens with zero attached hydrogens (tertiary/aromatic N) is 2. The zero-order valence-electron chi connectivity index (χ0n) is 14.6. The zero-order valence-corrected chi connectivity index (χ0v) is 14.6. The third-order valence-corrected chi connectivity index (χ3v) is 4.44. The zero-order chi connectivity index (χ0) is 17.5. The summed E-state index contributed by atoms with van der Waals surface area (Å²) >= 11 is 0. The van der Waals surface area contributed by atoms with Crippen LogP contribution in [0.4, 0.5) is 16.2 Å². The van der Waals surface area contributed by atoms with Gasteiger partial charge in [-0.15, -0.1) is 0 Å². The molecule has 1 amide bonds. The number of rotatable bonds is 5. The first-order valence-corrected chi connectivity index (χ1v) is 8.54. The molecule has 2 rings (SSSR count). The number of nitrogens with one attached hydrogen (secondary N) is 2. The van der Waals surface area contributed by atoms with E-state index in [4.69, 9.17) is 4.74 Å². The summed E-state index contributed by atoms with van der Waals surface area (Å²) in [7, 11) is 0. The Morgan fingerprint density at radius 2 is 2.25 bits per heavy atom. The molecule has 0 spiro atoms. The predicted molar refractivity (Wildman–Crippen MR) is 95.1 cm³/mol. The fourth-order valence-electron chi connectivity index (χ4n) is 3.06. The molecule has 1 aliphatic heterocycles. The monoisotopic (exact) mass is 330 g/mol. The van der Waals surface area contributed by atoms with Crippen molar-refractivity contribution in [1.29, 1.82) is 5.26 Å². The number of hydrogen-bond acceptors (Lipinski definition) is 5. The minimum Gasteiger partial charge on any atom is -0.450 e. The smallest absolute Gasteiger partial charge is 0.411 e. The Labute approximate surface area is 143 Å². The van der Waals surface area contributed by atoms with Crippen LogP contribution in [0.3, 0.4) is 0 Å². The molecule has 1 aliphatic rings. The van der Waals surface area contributed by atoms with Crippen molar-refractivity contribution in [3.63, 3.8) is 0 Å². The van der Waals surface area contributed by atoms with E-state index in [0.29, 0.717) is 29.8 Å². The second-order valence-electron chi connectivity index (χ2n) is 6.13. The average Bonchev–Trinajstić information content (AvgIpc) is 2.58. The molecular weight excluding hydrogens is 304 g/mol. The molecule has 6 nitrogen and oxygen atoms in total. The Kier molecular flexibility index (Phi) is 6.44. The van der Waals surface area contributed by atoms with Crippen molar-refractivity contribution in [2.24, 2.45) is 5.92 Å². The van der Waals surface area contributed by atoms with Crippen molar-refractivity contribution in [3.8, 4) is 6.07 Å². The summed E-state index contributed by atoms with van der Waals surface area (Å²) in [5, 5.41) is 15.5. The normalized spacial score (nSPS) is 20.9. The van der Waals surface area contributed by atoms with E-state index >= 15 is 0 Å². The molecule has 0 saturated carbocycles. The highest BCUT2D eigenvalue weighted by atomic mass is 16.5. The number of carbonyl (C=O) groups excluding carboxylic acids is 1. The quantitative estimate of drug-likeness (QED) is 0.866. The van der Waals surface area contributed by atoms with E-state index in [2.05, 4.69) is 35.5 Å². The summed E-state index contributed by atoms with van der Waals surface area (Å²) in [6.45, 7) is 9.73. The van der Waals surface area contributed by atoms with Crippen molar-refractivity contribution in [2.45, 2.75) is 33.2 Å². The van der Waals surface area contributed by atoms with Gasteiger partial charge >= 0.3 is 6.09 Å². The molecule has 0 aliphatic carbocycles. The molecule has 0 unspecified atom stereocenters. The first kappa shape index (κ1) is 18.1. The molecule has 2 N–H and O–H groups in total. The Morgan fingerprint density at radius 3 is 2.88 bits per heavy atom. The second-order valence-corrected chi connectivity index (χ2v) is 6.13. The third-order valence-electron chi connectivity index (χ3n) is 4.44. The van der Waals surface area contributed by atoms with Crippen LogP contribution in [0, 0.1) is 17.2 Å². The van der Waals surface area contributed by atoms with E-state index in [1.807, 2.05) is 6.07 Å². The molecule has 0 radical (unpaired) electrons. The minimum absolute atomic E-state index is 0.293. The van der Waals surface area contributed by atoms with Gasteiger partial charge in [0.1, 0.15) is 6.07 Å². The van der Waals surface area contributed by atoms with Crippen LogP contribution in [-0.4, -0.2) is 43.3 Å². The van der Waals surface area contributed by atoms with E-state index in [1.165, 1.54) is 0 Å². The number of amides is 1. The average molecular weight is 330 g/mol. The lowest BCUT2D eigenvalue weighted by Gasteiger charge is -2.37. The Hall–Kier alpha value is -2.26. The van der Waals surface area contributed by atoms with Gasteiger partial charge in [-0.3, -0.25) is 5.32 Å². The lowest BCUT2D eigenvalue weighted by Crippen LogP contribution is -2.45. The molecule has 24 heavy (non-hydrogen) atoms. The van der Waals surface area contributed by atoms with Crippen molar-refractivity contribution >= 4 is 17.5 Å². The maximum atomic E-state index is 11.5. The highest BCUT2D eigenvalue weighted by Crippen LogP contribution is 2.24. The Morgan fingerprint density at radius 1 is 1.46 bits per heavy atom. The van der Waals surface area contributed by atoms with Crippen molar-refractivity contribution in [1.82, 2.24) is 4.90 Å². The summed E-state index contributed by atoms with van der Waals surface area (Å²) < 4.78 is 4.85. The molecule has 130 valence electrons. The lowest BCUT2D eigenvalue weighted by molar-refractivity contribution is 0.168. The van der Waals surface area contributed by atoms with Crippen LogP contribution in [0.5, 0.6) is 0 Å². The highest BCUT2D eigenvalue weighted by molar-refractivity contribution is 5.87. The molecule has 1 saturated heterocycles. The largest absolute Gasteiger partial charge is 0.450 e.